The summed E-state index contributed by atoms with van der Waals surface area (Å²) < 4.78 is 0. The highest BCUT2D eigenvalue weighted by Crippen LogP contribution is 2.29. The summed E-state index contributed by atoms with van der Waals surface area (Å²) in [5.41, 5.74) is 8.11. The van der Waals surface area contributed by atoms with Crippen LogP contribution in [0.5, 0.6) is 0 Å². The number of nitrogens with one attached hydrogen (secondary N) is 1. The van der Waals surface area contributed by atoms with Gasteiger partial charge in [-0.1, -0.05) is 72.8 Å². The maximum absolute atomic E-state index is 12.7. The van der Waals surface area contributed by atoms with E-state index >= 15 is 0 Å². The van der Waals surface area contributed by atoms with Crippen LogP contribution in [0.3, 0.4) is 0 Å². The molecule has 5 aromatic carbocycles. The summed E-state index contributed by atoms with van der Waals surface area (Å²) in [7, 11) is 0. The third-order valence-corrected chi connectivity index (χ3v) is 6.51. The van der Waals surface area contributed by atoms with Crippen molar-refractivity contribution >= 4 is 39.4 Å². The van der Waals surface area contributed by atoms with Crippen LogP contribution < -0.4 is 10.3 Å². The van der Waals surface area contributed by atoms with Gasteiger partial charge in [-0.25, -0.2) is 5.43 Å². The molecule has 0 radical (unpaired) electrons. The largest absolute Gasteiger partial charge is 0.363 e. The van der Waals surface area contributed by atoms with Crippen molar-refractivity contribution < 1.29 is 4.79 Å². The average Bonchev–Trinajstić information content (AvgIpc) is 3.33. The zero-order valence-corrected chi connectivity index (χ0v) is 18.6. The van der Waals surface area contributed by atoms with Gasteiger partial charge >= 0.3 is 0 Å². The number of hydrazone groups is 1. The summed E-state index contributed by atoms with van der Waals surface area (Å²) in [4.78, 5) is 15.1. The zero-order valence-electron chi connectivity index (χ0n) is 18.6. The normalized spacial score (nSPS) is 13.0. The lowest BCUT2D eigenvalue weighted by Crippen LogP contribution is -2.18. The summed E-state index contributed by atoms with van der Waals surface area (Å²) in [6, 6.07) is 34.9. The van der Waals surface area contributed by atoms with E-state index in [9.17, 15) is 4.79 Å². The molecule has 5 aromatic rings. The molecule has 0 saturated carbocycles. The second kappa shape index (κ2) is 8.49. The maximum Gasteiger partial charge on any atom is 0.271 e. The highest BCUT2D eigenvalue weighted by molar-refractivity contribution is 6.13. The first-order valence-electron chi connectivity index (χ1n) is 11.4. The highest BCUT2D eigenvalue weighted by Gasteiger charge is 2.18. The van der Waals surface area contributed by atoms with Crippen LogP contribution in [0.4, 0.5) is 5.69 Å². The fourth-order valence-corrected chi connectivity index (χ4v) is 4.75. The van der Waals surface area contributed by atoms with Crippen LogP contribution in [0.15, 0.2) is 108 Å². The fourth-order valence-electron chi connectivity index (χ4n) is 4.75. The molecule has 164 valence electrons. The number of carbonyl (C=O) groups is 1. The maximum atomic E-state index is 12.7. The summed E-state index contributed by atoms with van der Waals surface area (Å²) in [6.07, 6.45) is 1.75. The monoisotopic (exact) mass is 441 g/mol. The Morgan fingerprint density at radius 3 is 1.91 bits per heavy atom. The van der Waals surface area contributed by atoms with E-state index in [0.29, 0.717) is 5.56 Å². The second-order valence-corrected chi connectivity index (χ2v) is 8.60. The Morgan fingerprint density at radius 1 is 0.735 bits per heavy atom. The zero-order chi connectivity index (χ0) is 22.9. The van der Waals surface area contributed by atoms with E-state index < -0.39 is 0 Å². The third kappa shape index (κ3) is 3.69. The van der Waals surface area contributed by atoms with Gasteiger partial charge in [0.15, 0.2) is 0 Å². The lowest BCUT2D eigenvalue weighted by Gasteiger charge is -2.17. The summed E-state index contributed by atoms with van der Waals surface area (Å²) in [5.74, 6) is -0.225. The van der Waals surface area contributed by atoms with Crippen molar-refractivity contribution in [1.29, 1.82) is 0 Å². The summed E-state index contributed by atoms with van der Waals surface area (Å²) in [5, 5.41) is 8.82. The topological polar surface area (TPSA) is 44.7 Å². The molecule has 0 saturated heterocycles. The third-order valence-electron chi connectivity index (χ3n) is 6.51. The van der Waals surface area contributed by atoms with E-state index in [2.05, 4.69) is 70.0 Å². The van der Waals surface area contributed by atoms with Gasteiger partial charge in [-0.05, 0) is 63.0 Å². The fraction of sp³-hybridized carbons (Fsp3) is 0.0667. The van der Waals surface area contributed by atoms with E-state index in [0.717, 1.165) is 45.9 Å². The minimum Gasteiger partial charge on any atom is -0.363 e. The molecule has 1 amide bonds. The van der Waals surface area contributed by atoms with Crippen molar-refractivity contribution in [3.8, 4) is 0 Å². The molecule has 4 heteroatoms. The Balaban J connectivity index is 1.20. The molecule has 4 nitrogen and oxygen atoms in total. The SMILES string of the molecule is O=C(N/N=C\c1c2ccccc2cc2ccccc12)c1ccc(N2Cc3ccccc3C2)cc1. The number of fused-ring (bicyclic) bond motifs is 3. The number of carbonyl (C=O) groups excluding carboxylic acids is 1. The van der Waals surface area contributed by atoms with Crippen LogP contribution >= 0.6 is 0 Å². The summed E-state index contributed by atoms with van der Waals surface area (Å²) in [6.45, 7) is 1.79. The number of hydrogen-bond donors (Lipinski definition) is 1. The molecule has 6 rings (SSSR count). The molecule has 0 aliphatic carbocycles. The van der Waals surface area contributed by atoms with Gasteiger partial charge in [0.25, 0.3) is 5.91 Å². The first-order chi connectivity index (χ1) is 16.8. The molecule has 0 aromatic heterocycles. The number of amides is 1. The molecule has 1 heterocycles. The quantitative estimate of drug-likeness (QED) is 0.203. The summed E-state index contributed by atoms with van der Waals surface area (Å²) >= 11 is 0. The second-order valence-electron chi connectivity index (χ2n) is 8.60. The van der Waals surface area contributed by atoms with Crippen molar-refractivity contribution in [1.82, 2.24) is 5.43 Å². The smallest absolute Gasteiger partial charge is 0.271 e. The van der Waals surface area contributed by atoms with Crippen molar-refractivity contribution in [3.05, 3.63) is 125 Å². The van der Waals surface area contributed by atoms with E-state index in [1.165, 1.54) is 11.1 Å². The molecular formula is C30H23N3O. The molecular weight excluding hydrogens is 418 g/mol. The Bertz CT molecular complexity index is 1470. The lowest BCUT2D eigenvalue weighted by atomic mass is 9.97. The number of nitrogens with zero attached hydrogens (tertiary/aromatic N) is 2. The Morgan fingerprint density at radius 2 is 1.29 bits per heavy atom. The Labute approximate surface area is 198 Å². The van der Waals surface area contributed by atoms with Crippen LogP contribution in [-0.2, 0) is 13.1 Å². The van der Waals surface area contributed by atoms with Crippen molar-refractivity contribution in [3.63, 3.8) is 0 Å². The molecule has 1 aliphatic rings. The number of rotatable bonds is 4. The standard InChI is InChI=1S/C30H23N3O/c34-30(21-13-15-26(16-14-21)33-19-24-9-1-2-10-25(24)20-33)32-31-18-29-27-11-5-3-7-22(27)17-23-8-4-6-12-28(23)29/h1-18H,19-20H2,(H,32,34)/b31-18-. The van der Waals surface area contributed by atoms with Gasteiger partial charge in [0.1, 0.15) is 0 Å². The Kier molecular flexibility index (Phi) is 5.04. The van der Waals surface area contributed by atoms with Gasteiger partial charge < -0.3 is 4.90 Å². The van der Waals surface area contributed by atoms with Gasteiger partial charge in [0.2, 0.25) is 0 Å². The van der Waals surface area contributed by atoms with Gasteiger partial charge in [-0.3, -0.25) is 4.79 Å². The molecule has 0 atom stereocenters. The number of anilines is 1. The molecule has 0 fully saturated rings. The molecule has 0 spiro atoms. The molecule has 34 heavy (non-hydrogen) atoms. The first-order valence-corrected chi connectivity index (χ1v) is 11.4. The predicted molar refractivity (Wildman–Crippen MR) is 139 cm³/mol. The number of hydrogen-bond acceptors (Lipinski definition) is 3. The minimum absolute atomic E-state index is 0.225. The lowest BCUT2D eigenvalue weighted by molar-refractivity contribution is 0.0955. The van der Waals surface area contributed by atoms with Crippen LogP contribution in [-0.4, -0.2) is 12.1 Å². The molecule has 1 aliphatic heterocycles. The van der Waals surface area contributed by atoms with Gasteiger partial charge in [0.05, 0.1) is 6.21 Å². The van der Waals surface area contributed by atoms with Gasteiger partial charge in [-0.2, -0.15) is 5.10 Å². The van der Waals surface area contributed by atoms with Crippen molar-refractivity contribution in [2.45, 2.75) is 13.1 Å². The van der Waals surface area contributed by atoms with Crippen molar-refractivity contribution in [2.24, 2.45) is 5.10 Å². The van der Waals surface area contributed by atoms with E-state index in [1.54, 1.807) is 6.21 Å². The van der Waals surface area contributed by atoms with Crippen molar-refractivity contribution in [2.75, 3.05) is 4.90 Å². The minimum atomic E-state index is -0.225. The van der Waals surface area contributed by atoms with Crippen LogP contribution in [0.2, 0.25) is 0 Å². The molecule has 0 bridgehead atoms. The van der Waals surface area contributed by atoms with Crippen LogP contribution in [0.25, 0.3) is 21.5 Å². The Hall–Kier alpha value is -4.44. The average molecular weight is 442 g/mol. The molecule has 0 unspecified atom stereocenters. The predicted octanol–water partition coefficient (Wildman–Crippen LogP) is 6.28. The van der Waals surface area contributed by atoms with E-state index in [1.807, 2.05) is 48.5 Å². The molecule has 1 N–H and O–H groups in total. The highest BCUT2D eigenvalue weighted by atomic mass is 16.2. The van der Waals surface area contributed by atoms with Crippen LogP contribution in [0.1, 0.15) is 27.0 Å². The van der Waals surface area contributed by atoms with E-state index in [-0.39, 0.29) is 5.91 Å². The first kappa shape index (κ1) is 20.2. The van der Waals surface area contributed by atoms with Crippen LogP contribution in [0, 0.1) is 0 Å². The van der Waals surface area contributed by atoms with Gasteiger partial charge in [0, 0.05) is 29.9 Å². The number of benzene rings is 5. The van der Waals surface area contributed by atoms with Gasteiger partial charge in [-0.15, -0.1) is 0 Å². The van der Waals surface area contributed by atoms with E-state index in [4.69, 9.17) is 0 Å².